The molecule has 0 atom stereocenters. The lowest BCUT2D eigenvalue weighted by molar-refractivity contribution is -0.116. The summed E-state index contributed by atoms with van der Waals surface area (Å²) in [5.74, 6) is 1.43. The molecule has 0 saturated carbocycles. The molecule has 2 aromatic rings. The minimum absolute atomic E-state index is 0.115. The molecule has 0 bridgehead atoms. The highest BCUT2D eigenvalue weighted by molar-refractivity contribution is 8.00. The van der Waals surface area contributed by atoms with Gasteiger partial charge in [0.2, 0.25) is 5.91 Å². The number of thioether (sulfide) groups is 2. The maximum Gasteiger partial charge on any atom is 0.237 e. The first-order valence-electron chi connectivity index (χ1n) is 6.60. The molecule has 0 unspecified atom stereocenters. The normalized spacial score (nSPS) is 13.8. The Kier molecular flexibility index (Phi) is 4.36. The number of pyridine rings is 1. The number of rotatable bonds is 3. The number of anilines is 2. The van der Waals surface area contributed by atoms with Gasteiger partial charge in [-0.1, -0.05) is 12.1 Å². The van der Waals surface area contributed by atoms with E-state index in [1.807, 2.05) is 29.2 Å². The summed E-state index contributed by atoms with van der Waals surface area (Å²) in [5, 5.41) is 0. The fourth-order valence-corrected chi connectivity index (χ4v) is 3.98. The van der Waals surface area contributed by atoms with Crippen molar-refractivity contribution in [2.45, 2.75) is 9.79 Å². The second-order valence-electron chi connectivity index (χ2n) is 4.56. The molecule has 21 heavy (non-hydrogen) atoms. The lowest BCUT2D eigenvalue weighted by Crippen LogP contribution is -2.36. The maximum atomic E-state index is 12.5. The van der Waals surface area contributed by atoms with Crippen molar-refractivity contribution in [1.82, 2.24) is 4.98 Å². The Balaban J connectivity index is 1.71. The maximum absolute atomic E-state index is 12.5. The summed E-state index contributed by atoms with van der Waals surface area (Å²) < 4.78 is 0. The minimum atomic E-state index is 0.115. The van der Waals surface area contributed by atoms with Crippen LogP contribution in [0.15, 0.2) is 52.5 Å². The van der Waals surface area contributed by atoms with Gasteiger partial charge in [0.1, 0.15) is 0 Å². The van der Waals surface area contributed by atoms with Gasteiger partial charge in [-0.15, -0.1) is 23.5 Å². The molecule has 1 aromatic carbocycles. The smallest absolute Gasteiger partial charge is 0.237 e. The van der Waals surface area contributed by atoms with Crippen molar-refractivity contribution in [3.8, 4) is 0 Å². The van der Waals surface area contributed by atoms with Gasteiger partial charge < -0.3 is 10.6 Å². The van der Waals surface area contributed by atoms with Crippen LogP contribution in [0, 0.1) is 0 Å². The second-order valence-corrected chi connectivity index (χ2v) is 6.72. The highest BCUT2D eigenvalue weighted by atomic mass is 32.2. The molecule has 2 heterocycles. The number of nitrogens with two attached hydrogens (primary N) is 1. The number of carbonyl (C=O) groups is 1. The summed E-state index contributed by atoms with van der Waals surface area (Å²) in [6.45, 7) is 0.757. The predicted molar refractivity (Wildman–Crippen MR) is 88.9 cm³/mol. The van der Waals surface area contributed by atoms with Crippen LogP contribution in [0.1, 0.15) is 0 Å². The van der Waals surface area contributed by atoms with Gasteiger partial charge in [-0.05, 0) is 18.2 Å². The fourth-order valence-electron chi connectivity index (χ4n) is 2.17. The highest BCUT2D eigenvalue weighted by Crippen LogP contribution is 2.35. The molecule has 3 rings (SSSR count). The summed E-state index contributed by atoms with van der Waals surface area (Å²) in [6.07, 6.45) is 3.30. The molecule has 1 amide bonds. The number of nitrogen functional groups attached to an aromatic ring is 1. The van der Waals surface area contributed by atoms with E-state index in [4.69, 9.17) is 5.73 Å². The first-order chi connectivity index (χ1) is 10.3. The molecule has 0 saturated heterocycles. The molecule has 0 fully saturated rings. The molecule has 1 aliphatic heterocycles. The first kappa shape index (κ1) is 14.3. The molecule has 2 N–H and O–H groups in total. The van der Waals surface area contributed by atoms with E-state index in [1.54, 1.807) is 24.2 Å². The summed E-state index contributed by atoms with van der Waals surface area (Å²) in [5.41, 5.74) is 7.48. The zero-order valence-corrected chi connectivity index (χ0v) is 13.0. The van der Waals surface area contributed by atoms with Crippen molar-refractivity contribution in [1.29, 1.82) is 0 Å². The van der Waals surface area contributed by atoms with E-state index in [2.05, 4.69) is 11.1 Å². The van der Waals surface area contributed by atoms with E-state index >= 15 is 0 Å². The number of hydrogen-bond acceptors (Lipinski definition) is 5. The Morgan fingerprint density at radius 3 is 3.10 bits per heavy atom. The summed E-state index contributed by atoms with van der Waals surface area (Å²) in [7, 11) is 0. The highest BCUT2D eigenvalue weighted by Gasteiger charge is 2.22. The number of hydrogen-bond donors (Lipinski definition) is 1. The zero-order chi connectivity index (χ0) is 14.7. The number of para-hydroxylation sites is 1. The van der Waals surface area contributed by atoms with Crippen LogP contribution in [0.4, 0.5) is 11.4 Å². The molecular formula is C15H15N3OS2. The van der Waals surface area contributed by atoms with Crippen LogP contribution in [0.3, 0.4) is 0 Å². The number of aromatic nitrogens is 1. The molecular weight excluding hydrogens is 302 g/mol. The number of benzene rings is 1. The van der Waals surface area contributed by atoms with Gasteiger partial charge in [-0.25, -0.2) is 0 Å². The van der Waals surface area contributed by atoms with E-state index in [9.17, 15) is 4.79 Å². The van der Waals surface area contributed by atoms with E-state index in [1.165, 1.54) is 16.7 Å². The van der Waals surface area contributed by atoms with Crippen LogP contribution < -0.4 is 10.6 Å². The number of fused-ring (bicyclic) bond motifs is 1. The average Bonchev–Trinajstić information content (AvgIpc) is 2.53. The molecule has 0 radical (unpaired) electrons. The van der Waals surface area contributed by atoms with Crippen LogP contribution in [0.25, 0.3) is 0 Å². The second kappa shape index (κ2) is 6.41. The number of carbonyl (C=O) groups excluding carboxylic acids is 1. The van der Waals surface area contributed by atoms with Crippen LogP contribution in [0.2, 0.25) is 0 Å². The molecule has 4 nitrogen and oxygen atoms in total. The molecule has 0 aliphatic carbocycles. The SMILES string of the molecule is Nc1cnccc1SCC(=O)N1CCSc2ccccc21. The fraction of sp³-hybridized carbons (Fsp3) is 0.200. The Hall–Kier alpha value is -1.66. The third-order valence-corrected chi connectivity index (χ3v) is 5.31. The van der Waals surface area contributed by atoms with Crippen molar-refractivity contribution in [2.24, 2.45) is 0 Å². The van der Waals surface area contributed by atoms with E-state index in [-0.39, 0.29) is 5.91 Å². The van der Waals surface area contributed by atoms with Gasteiger partial charge in [0.15, 0.2) is 0 Å². The first-order valence-corrected chi connectivity index (χ1v) is 8.57. The van der Waals surface area contributed by atoms with Crippen molar-refractivity contribution >= 4 is 40.8 Å². The van der Waals surface area contributed by atoms with Gasteiger partial charge in [-0.3, -0.25) is 9.78 Å². The van der Waals surface area contributed by atoms with Crippen molar-refractivity contribution in [3.05, 3.63) is 42.7 Å². The van der Waals surface area contributed by atoms with Gasteiger partial charge >= 0.3 is 0 Å². The third kappa shape index (κ3) is 3.16. The van der Waals surface area contributed by atoms with Crippen LogP contribution in [-0.4, -0.2) is 28.9 Å². The Labute approximate surface area is 132 Å². The topological polar surface area (TPSA) is 59.2 Å². The quantitative estimate of drug-likeness (QED) is 0.882. The van der Waals surface area contributed by atoms with Crippen molar-refractivity contribution in [2.75, 3.05) is 28.7 Å². The molecule has 1 aromatic heterocycles. The number of amides is 1. The van der Waals surface area contributed by atoms with Crippen LogP contribution in [-0.2, 0) is 4.79 Å². The van der Waals surface area contributed by atoms with Crippen LogP contribution in [0.5, 0.6) is 0 Å². The van der Waals surface area contributed by atoms with Crippen molar-refractivity contribution < 1.29 is 4.79 Å². The molecule has 1 aliphatic rings. The lowest BCUT2D eigenvalue weighted by Gasteiger charge is -2.28. The molecule has 108 valence electrons. The third-order valence-electron chi connectivity index (χ3n) is 3.19. The predicted octanol–water partition coefficient (Wildman–Crippen LogP) is 2.89. The van der Waals surface area contributed by atoms with E-state index in [0.717, 1.165) is 22.9 Å². The van der Waals surface area contributed by atoms with Gasteiger partial charge in [-0.2, -0.15) is 0 Å². The zero-order valence-electron chi connectivity index (χ0n) is 11.4. The Bertz CT molecular complexity index is 663. The summed E-state index contributed by atoms with van der Waals surface area (Å²) in [4.78, 5) is 20.4. The minimum Gasteiger partial charge on any atom is -0.397 e. The average molecular weight is 317 g/mol. The lowest BCUT2D eigenvalue weighted by atomic mass is 10.3. The van der Waals surface area contributed by atoms with Crippen molar-refractivity contribution in [3.63, 3.8) is 0 Å². The summed E-state index contributed by atoms with van der Waals surface area (Å²) >= 11 is 3.26. The monoisotopic (exact) mass is 317 g/mol. The van der Waals surface area contributed by atoms with Crippen LogP contribution >= 0.6 is 23.5 Å². The molecule has 0 spiro atoms. The largest absolute Gasteiger partial charge is 0.397 e. The van der Waals surface area contributed by atoms with E-state index < -0.39 is 0 Å². The van der Waals surface area contributed by atoms with Gasteiger partial charge in [0.05, 0.1) is 23.3 Å². The standard InChI is InChI=1S/C15H15N3OS2/c16-11-9-17-6-5-13(11)21-10-15(19)18-7-8-20-14-4-2-1-3-12(14)18/h1-6,9H,7-8,10,16H2. The Morgan fingerprint density at radius 1 is 1.38 bits per heavy atom. The number of nitrogens with zero attached hydrogens (tertiary/aromatic N) is 2. The molecule has 6 heteroatoms. The van der Waals surface area contributed by atoms with E-state index in [0.29, 0.717) is 11.4 Å². The summed E-state index contributed by atoms with van der Waals surface area (Å²) in [6, 6.07) is 9.89. The van der Waals surface area contributed by atoms with Gasteiger partial charge in [0, 0.05) is 28.3 Å². The Morgan fingerprint density at radius 2 is 2.24 bits per heavy atom. The van der Waals surface area contributed by atoms with Gasteiger partial charge in [0.25, 0.3) is 0 Å².